The van der Waals surface area contributed by atoms with Gasteiger partial charge in [0.2, 0.25) is 0 Å². The third-order valence-corrected chi connectivity index (χ3v) is 5.28. The molecule has 0 saturated heterocycles. The molecule has 1 atom stereocenters. The molecule has 3 aromatic carbocycles. The molecule has 3 aromatic rings. The van der Waals surface area contributed by atoms with Gasteiger partial charge in [-0.25, -0.2) is 0 Å². The lowest BCUT2D eigenvalue weighted by molar-refractivity contribution is -0.119. The molecular formula is C25H24N2O. The van der Waals surface area contributed by atoms with Gasteiger partial charge in [-0.2, -0.15) is 0 Å². The Labute approximate surface area is 166 Å². The van der Waals surface area contributed by atoms with Crippen molar-refractivity contribution in [1.29, 1.82) is 0 Å². The maximum absolute atomic E-state index is 13.3. The normalized spacial score (nSPS) is 16.4. The molecule has 0 unspecified atom stereocenters. The number of amides is 1. The quantitative estimate of drug-likeness (QED) is 0.635. The molecule has 1 amide bonds. The minimum absolute atomic E-state index is 0.0271. The van der Waals surface area contributed by atoms with Crippen LogP contribution in [-0.4, -0.2) is 17.7 Å². The first kappa shape index (κ1) is 18.2. The van der Waals surface area contributed by atoms with Gasteiger partial charge in [-0.15, -0.1) is 0 Å². The molecular weight excluding hydrogens is 344 g/mol. The van der Waals surface area contributed by atoms with Crippen LogP contribution >= 0.6 is 0 Å². The fourth-order valence-electron chi connectivity index (χ4n) is 3.70. The second kappa shape index (κ2) is 7.43. The number of benzene rings is 3. The van der Waals surface area contributed by atoms with Gasteiger partial charge in [-0.3, -0.25) is 9.79 Å². The predicted molar refractivity (Wildman–Crippen MR) is 115 cm³/mol. The minimum atomic E-state index is -0.437. The second-order valence-electron chi connectivity index (χ2n) is 7.39. The molecule has 0 N–H and O–H groups in total. The van der Waals surface area contributed by atoms with E-state index in [0.29, 0.717) is 6.54 Å². The number of anilines is 1. The SMILES string of the molecule is Cc1ccc(C)c(CN2C(=O)[C@H](C)N=C(c3ccccc3)c3ccccc32)c1. The lowest BCUT2D eigenvalue weighted by Crippen LogP contribution is -2.36. The molecule has 3 heteroatoms. The number of aryl methyl sites for hydroxylation is 2. The zero-order valence-electron chi connectivity index (χ0n) is 16.5. The van der Waals surface area contributed by atoms with Crippen LogP contribution in [0.4, 0.5) is 5.69 Å². The second-order valence-corrected chi connectivity index (χ2v) is 7.39. The maximum atomic E-state index is 13.3. The van der Waals surface area contributed by atoms with Gasteiger partial charge < -0.3 is 4.90 Å². The minimum Gasteiger partial charge on any atom is -0.305 e. The number of fused-ring (bicyclic) bond motifs is 1. The van der Waals surface area contributed by atoms with Crippen molar-refractivity contribution in [2.45, 2.75) is 33.4 Å². The fourth-order valence-corrected chi connectivity index (χ4v) is 3.70. The Balaban J connectivity index is 1.84. The Bertz CT molecular complexity index is 1050. The number of hydrogen-bond acceptors (Lipinski definition) is 2. The average Bonchev–Trinajstić information content (AvgIpc) is 2.82. The summed E-state index contributed by atoms with van der Waals surface area (Å²) in [6.07, 6.45) is 0. The van der Waals surface area contributed by atoms with Gasteiger partial charge in [0.15, 0.2) is 0 Å². The average molecular weight is 368 g/mol. The van der Waals surface area contributed by atoms with Crippen molar-refractivity contribution >= 4 is 17.3 Å². The third kappa shape index (κ3) is 3.36. The topological polar surface area (TPSA) is 32.7 Å². The van der Waals surface area contributed by atoms with Gasteiger partial charge in [0, 0.05) is 11.1 Å². The van der Waals surface area contributed by atoms with Crippen LogP contribution in [0.5, 0.6) is 0 Å². The van der Waals surface area contributed by atoms with Crippen LogP contribution in [0, 0.1) is 13.8 Å². The number of nitrogens with zero attached hydrogens (tertiary/aromatic N) is 2. The molecule has 0 saturated carbocycles. The Hall–Kier alpha value is -3.20. The van der Waals surface area contributed by atoms with Crippen LogP contribution in [0.3, 0.4) is 0 Å². The predicted octanol–water partition coefficient (Wildman–Crippen LogP) is 5.08. The van der Waals surface area contributed by atoms with Crippen LogP contribution in [-0.2, 0) is 11.3 Å². The van der Waals surface area contributed by atoms with E-state index >= 15 is 0 Å². The van der Waals surface area contributed by atoms with E-state index in [4.69, 9.17) is 4.99 Å². The van der Waals surface area contributed by atoms with Crippen molar-refractivity contribution in [3.8, 4) is 0 Å². The highest BCUT2D eigenvalue weighted by Crippen LogP contribution is 2.30. The zero-order chi connectivity index (χ0) is 19.7. The number of rotatable bonds is 3. The Morgan fingerprint density at radius 1 is 0.929 bits per heavy atom. The molecule has 0 spiro atoms. The highest BCUT2D eigenvalue weighted by Gasteiger charge is 2.29. The molecule has 0 fully saturated rings. The van der Waals surface area contributed by atoms with E-state index in [1.807, 2.05) is 60.4 Å². The molecule has 1 aliphatic rings. The highest BCUT2D eigenvalue weighted by atomic mass is 16.2. The number of benzodiazepines with no additional fused rings is 1. The number of aliphatic imine (C=N–C) groups is 1. The number of carbonyl (C=O) groups excluding carboxylic acids is 1. The van der Waals surface area contributed by atoms with Crippen LogP contribution in [0.1, 0.15) is 34.7 Å². The molecule has 3 nitrogen and oxygen atoms in total. The van der Waals surface area contributed by atoms with Crippen LogP contribution in [0.2, 0.25) is 0 Å². The first-order chi connectivity index (χ1) is 13.5. The summed E-state index contributed by atoms with van der Waals surface area (Å²) in [7, 11) is 0. The molecule has 0 aliphatic carbocycles. The van der Waals surface area contributed by atoms with Crippen molar-refractivity contribution in [3.63, 3.8) is 0 Å². The van der Waals surface area contributed by atoms with Gasteiger partial charge in [-0.05, 0) is 38.0 Å². The zero-order valence-corrected chi connectivity index (χ0v) is 16.5. The molecule has 140 valence electrons. The Kier molecular flexibility index (Phi) is 4.82. The molecule has 28 heavy (non-hydrogen) atoms. The van der Waals surface area contributed by atoms with Gasteiger partial charge in [0.05, 0.1) is 17.9 Å². The largest absolute Gasteiger partial charge is 0.305 e. The third-order valence-electron chi connectivity index (χ3n) is 5.28. The summed E-state index contributed by atoms with van der Waals surface area (Å²) in [6.45, 7) is 6.61. The van der Waals surface area contributed by atoms with E-state index in [0.717, 1.165) is 22.5 Å². The van der Waals surface area contributed by atoms with Crippen LogP contribution < -0.4 is 4.90 Å². The maximum Gasteiger partial charge on any atom is 0.251 e. The smallest absolute Gasteiger partial charge is 0.251 e. The van der Waals surface area contributed by atoms with E-state index in [2.05, 4.69) is 38.1 Å². The monoisotopic (exact) mass is 368 g/mol. The summed E-state index contributed by atoms with van der Waals surface area (Å²) >= 11 is 0. The first-order valence-electron chi connectivity index (χ1n) is 9.65. The number of hydrogen-bond donors (Lipinski definition) is 0. The van der Waals surface area contributed by atoms with Crippen molar-refractivity contribution in [2.24, 2.45) is 4.99 Å². The van der Waals surface area contributed by atoms with E-state index in [-0.39, 0.29) is 5.91 Å². The molecule has 0 radical (unpaired) electrons. The van der Waals surface area contributed by atoms with E-state index in [1.54, 1.807) is 0 Å². The molecule has 1 aliphatic heterocycles. The summed E-state index contributed by atoms with van der Waals surface area (Å²) in [5.41, 5.74) is 7.38. The van der Waals surface area contributed by atoms with Crippen molar-refractivity contribution < 1.29 is 4.79 Å². The lowest BCUT2D eigenvalue weighted by atomic mass is 9.99. The number of para-hydroxylation sites is 1. The highest BCUT2D eigenvalue weighted by molar-refractivity contribution is 6.20. The van der Waals surface area contributed by atoms with E-state index < -0.39 is 6.04 Å². The summed E-state index contributed by atoms with van der Waals surface area (Å²) in [5.74, 6) is 0.0271. The number of carbonyl (C=O) groups is 1. The van der Waals surface area contributed by atoms with Gasteiger partial charge in [0.1, 0.15) is 6.04 Å². The van der Waals surface area contributed by atoms with Crippen molar-refractivity contribution in [2.75, 3.05) is 4.90 Å². The van der Waals surface area contributed by atoms with Gasteiger partial charge >= 0.3 is 0 Å². The Morgan fingerprint density at radius 3 is 2.43 bits per heavy atom. The summed E-state index contributed by atoms with van der Waals surface area (Å²) in [5, 5.41) is 0. The van der Waals surface area contributed by atoms with Gasteiger partial charge in [0.25, 0.3) is 5.91 Å². The summed E-state index contributed by atoms with van der Waals surface area (Å²) in [4.78, 5) is 20.0. The molecule has 1 heterocycles. The fraction of sp³-hybridized carbons (Fsp3) is 0.200. The van der Waals surface area contributed by atoms with Crippen LogP contribution in [0.15, 0.2) is 77.8 Å². The standard InChI is InChI=1S/C25H24N2O/c1-17-13-14-18(2)21(15-17)16-27-23-12-8-7-11-22(23)24(26-19(3)25(27)28)20-9-5-4-6-10-20/h4-15,19H,16H2,1-3H3/t19-/m0/s1. The molecule has 4 rings (SSSR count). The van der Waals surface area contributed by atoms with E-state index in [1.165, 1.54) is 16.7 Å². The van der Waals surface area contributed by atoms with Gasteiger partial charge in [-0.1, -0.05) is 72.3 Å². The summed E-state index contributed by atoms with van der Waals surface area (Å²) < 4.78 is 0. The lowest BCUT2D eigenvalue weighted by Gasteiger charge is -2.25. The first-order valence-corrected chi connectivity index (χ1v) is 9.65. The van der Waals surface area contributed by atoms with Crippen molar-refractivity contribution in [1.82, 2.24) is 0 Å². The molecule has 0 bridgehead atoms. The van der Waals surface area contributed by atoms with Crippen LogP contribution in [0.25, 0.3) is 0 Å². The van der Waals surface area contributed by atoms with E-state index in [9.17, 15) is 4.79 Å². The molecule has 0 aromatic heterocycles. The summed E-state index contributed by atoms with van der Waals surface area (Å²) in [6, 6.07) is 24.1. The Morgan fingerprint density at radius 2 is 1.64 bits per heavy atom. The van der Waals surface area contributed by atoms with Crippen molar-refractivity contribution in [3.05, 3.63) is 101 Å².